The maximum atomic E-state index is 12.3. The Bertz CT molecular complexity index is 803. The topological polar surface area (TPSA) is 111 Å². The molecule has 2 heterocycles. The molecule has 0 unspecified atom stereocenters. The number of aromatic nitrogens is 3. The molecule has 0 spiro atoms. The predicted molar refractivity (Wildman–Crippen MR) is 103 cm³/mol. The van der Waals surface area contributed by atoms with Gasteiger partial charge in [-0.3, -0.25) is 0 Å². The Kier molecular flexibility index (Phi) is 6.30. The van der Waals surface area contributed by atoms with E-state index in [1.54, 1.807) is 32.4 Å². The average molecular weight is 388 g/mol. The first-order valence-corrected chi connectivity index (χ1v) is 8.93. The van der Waals surface area contributed by atoms with Gasteiger partial charge in [0.05, 0.1) is 27.9 Å². The highest BCUT2D eigenvalue weighted by Gasteiger charge is 2.18. The fourth-order valence-electron chi connectivity index (χ4n) is 2.83. The molecule has 10 nitrogen and oxygen atoms in total. The van der Waals surface area contributed by atoms with Crippen molar-refractivity contribution in [1.29, 1.82) is 0 Å². The summed E-state index contributed by atoms with van der Waals surface area (Å²) in [5.74, 6) is 2.14. The van der Waals surface area contributed by atoms with Gasteiger partial charge < -0.3 is 29.7 Å². The number of carbonyl (C=O) groups is 1. The van der Waals surface area contributed by atoms with Crippen LogP contribution in [0.3, 0.4) is 0 Å². The van der Waals surface area contributed by atoms with Crippen LogP contribution < -0.4 is 29.7 Å². The van der Waals surface area contributed by atoms with Gasteiger partial charge >= 0.3 is 12.0 Å². The fourth-order valence-corrected chi connectivity index (χ4v) is 2.83. The normalized spacial score (nSPS) is 13.2. The zero-order valence-corrected chi connectivity index (χ0v) is 16.2. The van der Waals surface area contributed by atoms with Gasteiger partial charge in [0.15, 0.2) is 5.82 Å². The Hall–Kier alpha value is -3.30. The Labute approximate surface area is 163 Å². The molecule has 1 aromatic heterocycles. The third-order valence-electron chi connectivity index (χ3n) is 4.24. The van der Waals surface area contributed by atoms with E-state index in [0.717, 1.165) is 25.9 Å². The summed E-state index contributed by atoms with van der Waals surface area (Å²) < 4.78 is 15.6. The van der Waals surface area contributed by atoms with Gasteiger partial charge in [-0.05, 0) is 12.8 Å². The minimum atomic E-state index is -0.405. The zero-order valence-electron chi connectivity index (χ0n) is 16.2. The Morgan fingerprint density at radius 3 is 2.29 bits per heavy atom. The van der Waals surface area contributed by atoms with Crippen molar-refractivity contribution in [3.05, 3.63) is 24.0 Å². The summed E-state index contributed by atoms with van der Waals surface area (Å²) in [4.78, 5) is 27.3. The van der Waals surface area contributed by atoms with Crippen LogP contribution in [0.1, 0.15) is 18.7 Å². The highest BCUT2D eigenvalue weighted by Crippen LogP contribution is 2.25. The summed E-state index contributed by atoms with van der Waals surface area (Å²) in [7, 11) is 4.60. The zero-order chi connectivity index (χ0) is 19.9. The summed E-state index contributed by atoms with van der Waals surface area (Å²) in [5, 5.41) is 5.47. The van der Waals surface area contributed by atoms with Gasteiger partial charge in [-0.2, -0.15) is 15.0 Å². The molecule has 0 aliphatic carbocycles. The van der Waals surface area contributed by atoms with Crippen molar-refractivity contribution in [2.75, 3.05) is 44.6 Å². The lowest BCUT2D eigenvalue weighted by molar-refractivity contribution is 0.251. The average Bonchev–Trinajstić information content (AvgIpc) is 3.26. The summed E-state index contributed by atoms with van der Waals surface area (Å²) in [6.07, 6.45) is 2.21. The molecular weight excluding hydrogens is 364 g/mol. The highest BCUT2D eigenvalue weighted by atomic mass is 16.5. The van der Waals surface area contributed by atoms with E-state index in [-0.39, 0.29) is 12.6 Å². The molecule has 1 aromatic carbocycles. The van der Waals surface area contributed by atoms with E-state index >= 15 is 0 Å². The third kappa shape index (κ3) is 4.90. The molecule has 0 radical (unpaired) electrons. The summed E-state index contributed by atoms with van der Waals surface area (Å²) in [6.45, 7) is 1.93. The van der Waals surface area contributed by atoms with Crippen LogP contribution in [0.2, 0.25) is 0 Å². The fraction of sp³-hybridized carbons (Fsp3) is 0.444. The molecule has 0 atom stereocenters. The van der Waals surface area contributed by atoms with E-state index in [1.807, 2.05) is 0 Å². The molecule has 2 amide bonds. The van der Waals surface area contributed by atoms with Crippen molar-refractivity contribution in [2.45, 2.75) is 19.4 Å². The van der Waals surface area contributed by atoms with Crippen LogP contribution in [-0.2, 0) is 6.54 Å². The second-order valence-corrected chi connectivity index (χ2v) is 6.14. The smallest absolute Gasteiger partial charge is 0.321 e. The van der Waals surface area contributed by atoms with Gasteiger partial charge in [-0.25, -0.2) is 4.79 Å². The van der Waals surface area contributed by atoms with E-state index in [4.69, 9.17) is 14.2 Å². The number of rotatable bonds is 7. The molecule has 1 fully saturated rings. The molecule has 10 heteroatoms. The molecule has 0 bridgehead atoms. The summed E-state index contributed by atoms with van der Waals surface area (Å²) in [5.41, 5.74) is 0.541. The van der Waals surface area contributed by atoms with Crippen molar-refractivity contribution < 1.29 is 19.0 Å². The Balaban J connectivity index is 1.65. The molecular formula is C18H24N6O4. The van der Waals surface area contributed by atoms with E-state index in [1.165, 1.54) is 7.11 Å². The first-order chi connectivity index (χ1) is 13.6. The number of carbonyl (C=O) groups excluding carboxylic acids is 1. The van der Waals surface area contributed by atoms with Gasteiger partial charge in [0.2, 0.25) is 5.95 Å². The van der Waals surface area contributed by atoms with Crippen LogP contribution in [0.25, 0.3) is 0 Å². The summed E-state index contributed by atoms with van der Waals surface area (Å²) >= 11 is 0. The van der Waals surface area contributed by atoms with Crippen LogP contribution in [0, 0.1) is 0 Å². The molecule has 0 saturated carbocycles. The van der Waals surface area contributed by atoms with Gasteiger partial charge in [-0.15, -0.1) is 0 Å². The first kappa shape index (κ1) is 19.5. The number of methoxy groups -OCH3 is 3. The van der Waals surface area contributed by atoms with Gasteiger partial charge in [0, 0.05) is 37.0 Å². The molecule has 150 valence electrons. The number of urea groups is 1. The summed E-state index contributed by atoms with van der Waals surface area (Å²) in [6, 6.07) is 4.93. The molecule has 2 N–H and O–H groups in total. The predicted octanol–water partition coefficient (Wildman–Crippen LogP) is 1.82. The van der Waals surface area contributed by atoms with Crippen molar-refractivity contribution in [2.24, 2.45) is 0 Å². The molecule has 28 heavy (non-hydrogen) atoms. The Morgan fingerprint density at radius 1 is 1.00 bits per heavy atom. The number of nitrogens with one attached hydrogen (secondary N) is 2. The monoisotopic (exact) mass is 388 g/mol. The molecule has 1 aliphatic heterocycles. The second kappa shape index (κ2) is 9.07. The number of nitrogens with zero attached hydrogens (tertiary/aromatic N) is 4. The number of amides is 2. The lowest BCUT2D eigenvalue weighted by Gasteiger charge is -2.16. The van der Waals surface area contributed by atoms with E-state index in [9.17, 15) is 4.79 Å². The molecule has 3 rings (SSSR count). The quantitative estimate of drug-likeness (QED) is 0.739. The van der Waals surface area contributed by atoms with E-state index in [2.05, 4.69) is 30.5 Å². The van der Waals surface area contributed by atoms with Crippen molar-refractivity contribution in [1.82, 2.24) is 20.3 Å². The van der Waals surface area contributed by atoms with Crippen LogP contribution in [0.4, 0.5) is 16.4 Å². The number of anilines is 2. The van der Waals surface area contributed by atoms with Gasteiger partial charge in [-0.1, -0.05) is 0 Å². The van der Waals surface area contributed by atoms with Crippen molar-refractivity contribution >= 4 is 17.7 Å². The maximum Gasteiger partial charge on any atom is 0.321 e. The number of hydrogen-bond acceptors (Lipinski definition) is 8. The first-order valence-electron chi connectivity index (χ1n) is 8.93. The van der Waals surface area contributed by atoms with Gasteiger partial charge in [0.1, 0.15) is 11.5 Å². The molecule has 2 aromatic rings. The maximum absolute atomic E-state index is 12.3. The van der Waals surface area contributed by atoms with Crippen molar-refractivity contribution in [3.63, 3.8) is 0 Å². The van der Waals surface area contributed by atoms with E-state index < -0.39 is 6.03 Å². The second-order valence-electron chi connectivity index (χ2n) is 6.14. The molecule has 1 saturated heterocycles. The largest absolute Gasteiger partial charge is 0.497 e. The SMILES string of the molecule is COc1cc(NC(=O)NCc2nc(OC)nc(N3CCCC3)n2)cc(OC)c1. The van der Waals surface area contributed by atoms with E-state index in [0.29, 0.717) is 29.0 Å². The standard InChI is InChI=1S/C18H24N6O4/c1-26-13-8-12(9-14(10-13)27-2)20-17(25)19-11-15-21-16(23-18(22-15)28-3)24-6-4-5-7-24/h8-10H,4-7,11H2,1-3H3,(H2,19,20,25). The molecule has 1 aliphatic rings. The lowest BCUT2D eigenvalue weighted by Crippen LogP contribution is -2.29. The van der Waals surface area contributed by atoms with Crippen LogP contribution in [0.15, 0.2) is 18.2 Å². The van der Waals surface area contributed by atoms with Crippen LogP contribution in [0.5, 0.6) is 17.5 Å². The number of hydrogen-bond donors (Lipinski definition) is 2. The number of ether oxygens (including phenoxy) is 3. The van der Waals surface area contributed by atoms with Crippen molar-refractivity contribution in [3.8, 4) is 17.5 Å². The lowest BCUT2D eigenvalue weighted by atomic mass is 10.3. The van der Waals surface area contributed by atoms with Gasteiger partial charge in [0.25, 0.3) is 0 Å². The number of benzene rings is 1. The minimum absolute atomic E-state index is 0.132. The minimum Gasteiger partial charge on any atom is -0.497 e. The highest BCUT2D eigenvalue weighted by molar-refractivity contribution is 5.89. The Morgan fingerprint density at radius 2 is 1.68 bits per heavy atom. The third-order valence-corrected chi connectivity index (χ3v) is 4.24. The van der Waals surface area contributed by atoms with Crippen LogP contribution in [-0.4, -0.2) is 55.4 Å². The van der Waals surface area contributed by atoms with Crippen LogP contribution >= 0.6 is 0 Å².